The molecule has 1 aromatic rings. The smallest absolute Gasteiger partial charge is 0.289 e. The molecular weight excluding hydrogens is 317 g/mol. The third kappa shape index (κ3) is 3.64. The van der Waals surface area contributed by atoms with Crippen LogP contribution in [0, 0.1) is 10.1 Å². The van der Waals surface area contributed by atoms with E-state index in [1.165, 1.54) is 6.07 Å². The first-order chi connectivity index (χ1) is 9.92. The maximum absolute atomic E-state index is 11.0. The molecule has 21 heavy (non-hydrogen) atoms. The third-order valence-electron chi connectivity index (χ3n) is 3.58. The second kappa shape index (κ2) is 6.60. The number of hydrogen-bond acceptors (Lipinski definition) is 4. The predicted molar refractivity (Wildman–Crippen MR) is 80.6 cm³/mol. The summed E-state index contributed by atoms with van der Waals surface area (Å²) in [6.45, 7) is 4.44. The van der Waals surface area contributed by atoms with Crippen molar-refractivity contribution in [2.24, 2.45) is 0 Å². The molecule has 2 rings (SSSR count). The predicted octanol–water partition coefficient (Wildman–Crippen LogP) is 2.56. The maximum atomic E-state index is 11.0. The van der Waals surface area contributed by atoms with Crippen LogP contribution >= 0.6 is 23.2 Å². The summed E-state index contributed by atoms with van der Waals surface area (Å²) in [6.07, 6.45) is 0.846. The summed E-state index contributed by atoms with van der Waals surface area (Å²) >= 11 is 12.0. The van der Waals surface area contributed by atoms with Gasteiger partial charge >= 0.3 is 0 Å². The van der Waals surface area contributed by atoms with Crippen molar-refractivity contribution < 1.29 is 9.72 Å². The minimum Gasteiger partial charge on any atom is -0.340 e. The number of amides is 1. The fourth-order valence-corrected chi connectivity index (χ4v) is 2.94. The molecule has 6 nitrogen and oxygen atoms in total. The van der Waals surface area contributed by atoms with E-state index in [-0.39, 0.29) is 16.8 Å². The van der Waals surface area contributed by atoms with E-state index in [2.05, 4.69) is 4.90 Å². The molecule has 1 fully saturated rings. The fraction of sp³-hybridized carbons (Fsp3) is 0.462. The van der Waals surface area contributed by atoms with Gasteiger partial charge in [-0.05, 0) is 18.6 Å². The number of nitro benzene ring substituents is 1. The van der Waals surface area contributed by atoms with Gasteiger partial charge in [0, 0.05) is 43.3 Å². The van der Waals surface area contributed by atoms with E-state index in [0.717, 1.165) is 6.41 Å². The lowest BCUT2D eigenvalue weighted by Crippen LogP contribution is -2.50. The largest absolute Gasteiger partial charge is 0.340 e. The van der Waals surface area contributed by atoms with Gasteiger partial charge in [-0.15, -0.1) is 0 Å². The Bertz CT molecular complexity index is 568. The van der Waals surface area contributed by atoms with Crippen LogP contribution in [0.5, 0.6) is 0 Å². The zero-order valence-electron chi connectivity index (χ0n) is 11.5. The maximum Gasteiger partial charge on any atom is 0.289 e. The highest BCUT2D eigenvalue weighted by atomic mass is 35.5. The summed E-state index contributed by atoms with van der Waals surface area (Å²) in [4.78, 5) is 25.1. The van der Waals surface area contributed by atoms with Gasteiger partial charge in [0.05, 0.1) is 4.92 Å². The summed E-state index contributed by atoms with van der Waals surface area (Å²) < 4.78 is 0. The number of carbonyl (C=O) groups excluding carboxylic acids is 1. The van der Waals surface area contributed by atoms with Gasteiger partial charge in [0.2, 0.25) is 6.41 Å². The Morgan fingerprint density at radius 1 is 1.43 bits per heavy atom. The van der Waals surface area contributed by atoms with E-state index < -0.39 is 4.92 Å². The Labute approximate surface area is 132 Å². The Hall–Kier alpha value is -1.37. The van der Waals surface area contributed by atoms with E-state index in [0.29, 0.717) is 36.8 Å². The van der Waals surface area contributed by atoms with Crippen molar-refractivity contribution in [3.8, 4) is 0 Å². The third-order valence-corrected chi connectivity index (χ3v) is 4.24. The first-order valence-corrected chi connectivity index (χ1v) is 7.23. The average Bonchev–Trinajstić information content (AvgIpc) is 2.42. The Kier molecular flexibility index (Phi) is 5.03. The van der Waals surface area contributed by atoms with Crippen molar-refractivity contribution in [2.75, 3.05) is 19.6 Å². The zero-order chi connectivity index (χ0) is 15.6. The van der Waals surface area contributed by atoms with Crippen LogP contribution in [0.4, 0.5) is 5.69 Å². The van der Waals surface area contributed by atoms with Gasteiger partial charge < -0.3 is 4.90 Å². The van der Waals surface area contributed by atoms with Crippen molar-refractivity contribution in [3.63, 3.8) is 0 Å². The molecule has 1 aliphatic heterocycles. The molecule has 114 valence electrons. The number of rotatable bonds is 4. The Morgan fingerprint density at radius 2 is 2.14 bits per heavy atom. The van der Waals surface area contributed by atoms with Crippen LogP contribution in [-0.2, 0) is 11.3 Å². The van der Waals surface area contributed by atoms with Gasteiger partial charge in [0.25, 0.3) is 5.69 Å². The van der Waals surface area contributed by atoms with E-state index in [9.17, 15) is 14.9 Å². The lowest BCUT2D eigenvalue weighted by Gasteiger charge is -2.37. The van der Waals surface area contributed by atoms with Gasteiger partial charge in [0.15, 0.2) is 0 Å². The van der Waals surface area contributed by atoms with Crippen molar-refractivity contribution in [1.82, 2.24) is 9.80 Å². The van der Waals surface area contributed by atoms with Crippen LogP contribution in [0.25, 0.3) is 0 Å². The minimum absolute atomic E-state index is 0.101. The van der Waals surface area contributed by atoms with E-state index in [4.69, 9.17) is 23.2 Å². The standard InChI is InChI=1S/C13H15Cl2N3O3/c1-9-6-16(2-3-17(9)8-19)7-10-4-11(14)5-12(13(10)15)18(20)21/h4-5,8-9H,2-3,6-7H2,1H3. The molecule has 0 N–H and O–H groups in total. The molecule has 8 heteroatoms. The molecule has 0 spiro atoms. The molecule has 1 aromatic carbocycles. The van der Waals surface area contributed by atoms with E-state index in [1.54, 1.807) is 11.0 Å². The molecule has 0 saturated carbocycles. The quantitative estimate of drug-likeness (QED) is 0.483. The summed E-state index contributed by atoms with van der Waals surface area (Å²) in [7, 11) is 0. The van der Waals surface area contributed by atoms with Crippen LogP contribution in [0.3, 0.4) is 0 Å². The van der Waals surface area contributed by atoms with Crippen molar-refractivity contribution in [2.45, 2.75) is 19.5 Å². The topological polar surface area (TPSA) is 66.7 Å². The molecule has 1 aliphatic rings. The average molecular weight is 332 g/mol. The van der Waals surface area contributed by atoms with Crippen molar-refractivity contribution >= 4 is 35.3 Å². The molecule has 1 atom stereocenters. The number of hydrogen-bond donors (Lipinski definition) is 0. The summed E-state index contributed by atoms with van der Waals surface area (Å²) in [5.41, 5.74) is 0.446. The van der Waals surface area contributed by atoms with Gasteiger partial charge in [-0.3, -0.25) is 19.8 Å². The molecule has 0 bridgehead atoms. The first kappa shape index (κ1) is 16.0. The zero-order valence-corrected chi connectivity index (χ0v) is 13.0. The summed E-state index contributed by atoms with van der Waals surface area (Å²) in [6, 6.07) is 3.00. The molecule has 1 unspecified atom stereocenters. The second-order valence-corrected chi connectivity index (χ2v) is 5.90. The first-order valence-electron chi connectivity index (χ1n) is 6.48. The molecule has 1 heterocycles. The normalized spacial score (nSPS) is 19.6. The van der Waals surface area contributed by atoms with Gasteiger partial charge in [-0.2, -0.15) is 0 Å². The van der Waals surface area contributed by atoms with Crippen LogP contribution in [0.2, 0.25) is 10.0 Å². The SMILES string of the molecule is CC1CN(Cc2cc(Cl)cc([N+](=O)[O-])c2Cl)CCN1C=O. The van der Waals surface area contributed by atoms with Gasteiger partial charge in [-0.1, -0.05) is 23.2 Å². The van der Waals surface area contributed by atoms with E-state index in [1.807, 2.05) is 6.92 Å². The highest BCUT2D eigenvalue weighted by Crippen LogP contribution is 2.32. The van der Waals surface area contributed by atoms with Crippen molar-refractivity contribution in [1.29, 1.82) is 0 Å². The molecule has 0 aliphatic carbocycles. The van der Waals surface area contributed by atoms with E-state index >= 15 is 0 Å². The molecule has 1 amide bonds. The van der Waals surface area contributed by atoms with Crippen molar-refractivity contribution in [3.05, 3.63) is 37.9 Å². The lowest BCUT2D eigenvalue weighted by molar-refractivity contribution is -0.384. The number of nitrogens with zero attached hydrogens (tertiary/aromatic N) is 3. The number of nitro groups is 1. The highest BCUT2D eigenvalue weighted by molar-refractivity contribution is 6.35. The summed E-state index contributed by atoms with van der Waals surface area (Å²) in [5, 5.41) is 11.4. The minimum atomic E-state index is -0.537. The fourth-order valence-electron chi connectivity index (χ4n) is 2.47. The van der Waals surface area contributed by atoms with Crippen LogP contribution in [0.15, 0.2) is 12.1 Å². The lowest BCUT2D eigenvalue weighted by atomic mass is 10.1. The monoisotopic (exact) mass is 331 g/mol. The van der Waals surface area contributed by atoms with Crippen LogP contribution in [-0.4, -0.2) is 46.8 Å². The number of piperazine rings is 1. The Morgan fingerprint density at radius 3 is 2.71 bits per heavy atom. The second-order valence-electron chi connectivity index (χ2n) is 5.08. The number of halogens is 2. The molecule has 0 radical (unpaired) electrons. The molecule has 1 saturated heterocycles. The Balaban J connectivity index is 2.17. The molecular formula is C13H15Cl2N3O3. The van der Waals surface area contributed by atoms with Gasteiger partial charge in [0.1, 0.15) is 5.02 Å². The highest BCUT2D eigenvalue weighted by Gasteiger charge is 2.24. The van der Waals surface area contributed by atoms with Gasteiger partial charge in [-0.25, -0.2) is 0 Å². The number of benzene rings is 1. The summed E-state index contributed by atoms with van der Waals surface area (Å²) in [5.74, 6) is 0. The number of carbonyl (C=O) groups is 1. The van der Waals surface area contributed by atoms with Crippen LogP contribution < -0.4 is 0 Å². The molecule has 0 aromatic heterocycles. The van der Waals surface area contributed by atoms with Crippen LogP contribution in [0.1, 0.15) is 12.5 Å².